The quantitative estimate of drug-likeness (QED) is 0.686. The molecule has 0 aliphatic rings. The molecule has 0 bridgehead atoms. The summed E-state index contributed by atoms with van der Waals surface area (Å²) in [6, 6.07) is 10.1. The highest BCUT2D eigenvalue weighted by molar-refractivity contribution is 7.92. The highest BCUT2D eigenvalue weighted by Gasteiger charge is 2.18. The third-order valence-corrected chi connectivity index (χ3v) is 5.10. The van der Waals surface area contributed by atoms with Crippen molar-refractivity contribution in [2.45, 2.75) is 25.2 Å². The van der Waals surface area contributed by atoms with E-state index in [1.54, 1.807) is 13.0 Å². The van der Waals surface area contributed by atoms with Gasteiger partial charge in [-0.15, -0.1) is 0 Å². The first-order valence-electron chi connectivity index (χ1n) is 8.06. The SMILES string of the molecule is CCCNC(=O)c1cc(S(=O)(=O)Nc2ccc(C(N)=O)cc2)ccc1C. The summed E-state index contributed by atoms with van der Waals surface area (Å²) in [6.45, 7) is 4.19. The van der Waals surface area contributed by atoms with E-state index in [4.69, 9.17) is 5.73 Å². The molecule has 0 atom stereocenters. The highest BCUT2D eigenvalue weighted by atomic mass is 32.2. The number of anilines is 1. The molecule has 8 heteroatoms. The zero-order valence-electron chi connectivity index (χ0n) is 14.6. The lowest BCUT2D eigenvalue weighted by atomic mass is 10.1. The molecule has 2 rings (SSSR count). The maximum absolute atomic E-state index is 12.6. The Morgan fingerprint density at radius 1 is 1.08 bits per heavy atom. The second-order valence-corrected chi connectivity index (χ2v) is 7.46. The number of amides is 2. The number of carbonyl (C=O) groups excluding carboxylic acids is 2. The number of hydrogen-bond acceptors (Lipinski definition) is 4. The Hall–Kier alpha value is -2.87. The van der Waals surface area contributed by atoms with E-state index in [1.165, 1.54) is 36.4 Å². The second kappa shape index (κ2) is 8.01. The van der Waals surface area contributed by atoms with E-state index in [0.29, 0.717) is 17.7 Å². The summed E-state index contributed by atoms with van der Waals surface area (Å²) < 4.78 is 27.6. The van der Waals surface area contributed by atoms with Crippen molar-refractivity contribution in [1.82, 2.24) is 5.32 Å². The lowest BCUT2D eigenvalue weighted by Gasteiger charge is -2.12. The summed E-state index contributed by atoms with van der Waals surface area (Å²) in [4.78, 5) is 23.2. The van der Waals surface area contributed by atoms with Crippen LogP contribution >= 0.6 is 0 Å². The molecule has 2 amide bonds. The lowest BCUT2D eigenvalue weighted by Crippen LogP contribution is -2.25. The third kappa shape index (κ3) is 4.60. The molecule has 2 aromatic carbocycles. The fraction of sp³-hybridized carbons (Fsp3) is 0.222. The van der Waals surface area contributed by atoms with Crippen LogP contribution in [0.15, 0.2) is 47.4 Å². The predicted molar refractivity (Wildman–Crippen MR) is 99.6 cm³/mol. The molecular weight excluding hydrogens is 354 g/mol. The van der Waals surface area contributed by atoms with Crippen molar-refractivity contribution in [3.8, 4) is 0 Å². The first kappa shape index (κ1) is 19.5. The first-order chi connectivity index (χ1) is 12.2. The van der Waals surface area contributed by atoms with E-state index < -0.39 is 15.9 Å². The maximum atomic E-state index is 12.6. The third-order valence-electron chi connectivity index (χ3n) is 3.72. The molecule has 0 spiro atoms. The number of hydrogen-bond donors (Lipinski definition) is 3. The van der Waals surface area contributed by atoms with Gasteiger partial charge in [0.05, 0.1) is 4.90 Å². The minimum Gasteiger partial charge on any atom is -0.366 e. The van der Waals surface area contributed by atoms with Gasteiger partial charge in [-0.1, -0.05) is 13.0 Å². The summed E-state index contributed by atoms with van der Waals surface area (Å²) in [5.41, 5.74) is 6.72. The molecule has 7 nitrogen and oxygen atoms in total. The van der Waals surface area contributed by atoms with E-state index in [9.17, 15) is 18.0 Å². The van der Waals surface area contributed by atoms with Crippen LogP contribution in [0.25, 0.3) is 0 Å². The van der Waals surface area contributed by atoms with Crippen LogP contribution in [0.5, 0.6) is 0 Å². The second-order valence-electron chi connectivity index (χ2n) is 5.78. The first-order valence-corrected chi connectivity index (χ1v) is 9.54. The molecule has 138 valence electrons. The number of nitrogens with one attached hydrogen (secondary N) is 2. The molecule has 4 N–H and O–H groups in total. The summed E-state index contributed by atoms with van der Waals surface area (Å²) in [6.07, 6.45) is 0.783. The van der Waals surface area contributed by atoms with Gasteiger partial charge in [-0.25, -0.2) is 8.42 Å². The van der Waals surface area contributed by atoms with Crippen LogP contribution in [0, 0.1) is 6.92 Å². The molecule has 0 heterocycles. The summed E-state index contributed by atoms with van der Waals surface area (Å²) in [5, 5.41) is 2.74. The number of benzene rings is 2. The molecule has 0 saturated carbocycles. The minimum absolute atomic E-state index is 0.0243. The van der Waals surface area contributed by atoms with Crippen LogP contribution in [0.4, 0.5) is 5.69 Å². The van der Waals surface area contributed by atoms with Crippen molar-refractivity contribution >= 4 is 27.5 Å². The molecule has 0 aromatic heterocycles. The molecule has 0 radical (unpaired) electrons. The van der Waals surface area contributed by atoms with Gasteiger partial charge in [0, 0.05) is 23.4 Å². The summed E-state index contributed by atoms with van der Waals surface area (Å²) in [7, 11) is -3.89. The lowest BCUT2D eigenvalue weighted by molar-refractivity contribution is 0.0951. The molecule has 0 aliphatic heterocycles. The molecule has 0 aliphatic carbocycles. The van der Waals surface area contributed by atoms with E-state index in [2.05, 4.69) is 10.0 Å². The van der Waals surface area contributed by atoms with Crippen molar-refractivity contribution < 1.29 is 18.0 Å². The average molecular weight is 375 g/mol. The fourth-order valence-electron chi connectivity index (χ4n) is 2.26. The van der Waals surface area contributed by atoms with Crippen LogP contribution in [0.2, 0.25) is 0 Å². The van der Waals surface area contributed by atoms with Gasteiger partial charge in [-0.05, 0) is 55.3 Å². The van der Waals surface area contributed by atoms with Crippen LogP contribution < -0.4 is 15.8 Å². The van der Waals surface area contributed by atoms with Gasteiger partial charge < -0.3 is 11.1 Å². The van der Waals surface area contributed by atoms with Gasteiger partial charge in [0.1, 0.15) is 0 Å². The average Bonchev–Trinajstić information content (AvgIpc) is 2.60. The predicted octanol–water partition coefficient (Wildman–Crippen LogP) is 2.03. The largest absolute Gasteiger partial charge is 0.366 e. The van der Waals surface area contributed by atoms with Crippen LogP contribution in [-0.4, -0.2) is 26.8 Å². The molecular formula is C18H21N3O4S. The van der Waals surface area contributed by atoms with Gasteiger partial charge in [-0.3, -0.25) is 14.3 Å². The Labute approximate surface area is 152 Å². The van der Waals surface area contributed by atoms with Gasteiger partial charge in [0.2, 0.25) is 5.91 Å². The van der Waals surface area contributed by atoms with Crippen molar-refractivity contribution in [3.05, 3.63) is 59.2 Å². The van der Waals surface area contributed by atoms with Gasteiger partial charge in [0.25, 0.3) is 15.9 Å². The smallest absolute Gasteiger partial charge is 0.261 e. The van der Waals surface area contributed by atoms with Crippen molar-refractivity contribution in [1.29, 1.82) is 0 Å². The van der Waals surface area contributed by atoms with Crippen LogP contribution in [0.3, 0.4) is 0 Å². The molecule has 0 fully saturated rings. The molecule has 2 aromatic rings. The topological polar surface area (TPSA) is 118 Å². The molecule has 26 heavy (non-hydrogen) atoms. The van der Waals surface area contributed by atoms with Gasteiger partial charge in [-0.2, -0.15) is 0 Å². The van der Waals surface area contributed by atoms with Crippen molar-refractivity contribution in [2.24, 2.45) is 5.73 Å². The summed E-state index contributed by atoms with van der Waals surface area (Å²) >= 11 is 0. The number of carbonyl (C=O) groups is 2. The van der Waals surface area contributed by atoms with E-state index in [0.717, 1.165) is 6.42 Å². The fourth-order valence-corrected chi connectivity index (χ4v) is 3.35. The number of aryl methyl sites for hydroxylation is 1. The zero-order chi connectivity index (χ0) is 19.3. The number of nitrogens with two attached hydrogens (primary N) is 1. The molecule has 0 unspecified atom stereocenters. The minimum atomic E-state index is -3.89. The van der Waals surface area contributed by atoms with Gasteiger partial charge in [0.15, 0.2) is 0 Å². The van der Waals surface area contributed by atoms with E-state index in [-0.39, 0.29) is 22.1 Å². The van der Waals surface area contributed by atoms with E-state index >= 15 is 0 Å². The Bertz CT molecular complexity index is 922. The monoisotopic (exact) mass is 375 g/mol. The number of sulfonamides is 1. The zero-order valence-corrected chi connectivity index (χ0v) is 15.4. The van der Waals surface area contributed by atoms with E-state index in [1.807, 2.05) is 6.92 Å². The Morgan fingerprint density at radius 2 is 1.73 bits per heavy atom. The van der Waals surface area contributed by atoms with Crippen molar-refractivity contribution in [2.75, 3.05) is 11.3 Å². The Balaban J connectivity index is 2.28. The highest BCUT2D eigenvalue weighted by Crippen LogP contribution is 2.20. The maximum Gasteiger partial charge on any atom is 0.261 e. The van der Waals surface area contributed by atoms with Gasteiger partial charge >= 0.3 is 0 Å². The normalized spacial score (nSPS) is 11.0. The Morgan fingerprint density at radius 3 is 2.31 bits per heavy atom. The standard InChI is InChI=1S/C18H21N3O4S/c1-3-10-20-18(23)16-11-15(9-4-12(16)2)26(24,25)21-14-7-5-13(6-8-14)17(19)22/h4-9,11,21H,3,10H2,1-2H3,(H2,19,22)(H,20,23). The molecule has 0 saturated heterocycles. The Kier molecular flexibility index (Phi) is 5.99. The number of rotatable bonds is 7. The van der Waals surface area contributed by atoms with Crippen LogP contribution in [0.1, 0.15) is 39.6 Å². The number of primary amides is 1. The van der Waals surface area contributed by atoms with Crippen LogP contribution in [-0.2, 0) is 10.0 Å². The van der Waals surface area contributed by atoms with Crippen molar-refractivity contribution in [3.63, 3.8) is 0 Å². The summed E-state index contributed by atoms with van der Waals surface area (Å²) in [5.74, 6) is -0.909.